The van der Waals surface area contributed by atoms with Crippen LogP contribution >= 0.6 is 0 Å². The van der Waals surface area contributed by atoms with Crippen LogP contribution in [0.15, 0.2) is 24.3 Å². The van der Waals surface area contributed by atoms with Crippen molar-refractivity contribution in [2.24, 2.45) is 0 Å². The number of amides is 3. The molecule has 7 heteroatoms. The molecule has 1 aliphatic heterocycles. The van der Waals surface area contributed by atoms with Crippen molar-refractivity contribution >= 4 is 17.9 Å². The van der Waals surface area contributed by atoms with Gasteiger partial charge in [0.25, 0.3) is 0 Å². The number of carbonyl (C=O) groups is 3. The van der Waals surface area contributed by atoms with Gasteiger partial charge in [-0.3, -0.25) is 9.59 Å². The Labute approximate surface area is 147 Å². The Kier molecular flexibility index (Phi) is 7.25. The summed E-state index contributed by atoms with van der Waals surface area (Å²) in [5.74, 6) is -0.532. The first-order chi connectivity index (χ1) is 12.1. The van der Waals surface area contributed by atoms with Crippen molar-refractivity contribution in [3.8, 4) is 0 Å². The SMILES string of the molecule is CCOC(=O)CCNC(=O)CCNC(=O)N1CCc2ccccc2C1. The van der Waals surface area contributed by atoms with Crippen molar-refractivity contribution in [3.05, 3.63) is 35.4 Å². The highest BCUT2D eigenvalue weighted by Gasteiger charge is 2.19. The molecule has 1 aliphatic rings. The number of hydrogen-bond donors (Lipinski definition) is 2. The quantitative estimate of drug-likeness (QED) is 0.726. The fraction of sp³-hybridized carbons (Fsp3) is 0.500. The number of urea groups is 1. The van der Waals surface area contributed by atoms with Gasteiger partial charge in [-0.2, -0.15) is 0 Å². The van der Waals surface area contributed by atoms with E-state index in [1.807, 2.05) is 18.2 Å². The largest absolute Gasteiger partial charge is 0.466 e. The van der Waals surface area contributed by atoms with Gasteiger partial charge >= 0.3 is 12.0 Å². The number of hydrogen-bond acceptors (Lipinski definition) is 4. The van der Waals surface area contributed by atoms with Crippen LogP contribution in [0, 0.1) is 0 Å². The Hall–Kier alpha value is -2.57. The van der Waals surface area contributed by atoms with Gasteiger partial charge in [-0.25, -0.2) is 4.79 Å². The van der Waals surface area contributed by atoms with Crippen molar-refractivity contribution in [1.29, 1.82) is 0 Å². The number of nitrogens with one attached hydrogen (secondary N) is 2. The molecule has 0 saturated carbocycles. The lowest BCUT2D eigenvalue weighted by Gasteiger charge is -2.28. The second-order valence-corrected chi connectivity index (χ2v) is 5.83. The molecule has 25 heavy (non-hydrogen) atoms. The minimum Gasteiger partial charge on any atom is -0.466 e. The van der Waals surface area contributed by atoms with E-state index in [1.165, 1.54) is 11.1 Å². The summed E-state index contributed by atoms with van der Waals surface area (Å²) in [5.41, 5.74) is 2.45. The molecule has 2 N–H and O–H groups in total. The van der Waals surface area contributed by atoms with Gasteiger partial charge in [0.15, 0.2) is 0 Å². The fourth-order valence-electron chi connectivity index (χ4n) is 2.69. The van der Waals surface area contributed by atoms with E-state index in [4.69, 9.17) is 4.74 Å². The summed E-state index contributed by atoms with van der Waals surface area (Å²) >= 11 is 0. The van der Waals surface area contributed by atoms with E-state index in [-0.39, 0.29) is 43.8 Å². The summed E-state index contributed by atoms with van der Waals surface area (Å²) in [4.78, 5) is 36.8. The molecule has 0 radical (unpaired) electrons. The number of ether oxygens (including phenoxy) is 1. The summed E-state index contributed by atoms with van der Waals surface area (Å²) in [6, 6.07) is 7.95. The van der Waals surface area contributed by atoms with Gasteiger partial charge in [0.2, 0.25) is 5.91 Å². The molecule has 2 rings (SSSR count). The molecule has 0 unspecified atom stereocenters. The third kappa shape index (κ3) is 6.10. The summed E-state index contributed by atoms with van der Waals surface area (Å²) in [7, 11) is 0. The highest BCUT2D eigenvalue weighted by atomic mass is 16.5. The first-order valence-electron chi connectivity index (χ1n) is 8.62. The van der Waals surface area contributed by atoms with Crippen LogP contribution in [0.3, 0.4) is 0 Å². The van der Waals surface area contributed by atoms with E-state index in [0.717, 1.165) is 6.42 Å². The van der Waals surface area contributed by atoms with Gasteiger partial charge in [0, 0.05) is 32.6 Å². The Morgan fingerprint density at radius 3 is 2.56 bits per heavy atom. The van der Waals surface area contributed by atoms with Crippen LogP contribution in [0.25, 0.3) is 0 Å². The van der Waals surface area contributed by atoms with Crippen LogP contribution in [0.1, 0.15) is 30.9 Å². The summed E-state index contributed by atoms with van der Waals surface area (Å²) in [6.45, 7) is 3.85. The van der Waals surface area contributed by atoms with Crippen LogP contribution in [-0.4, -0.2) is 49.0 Å². The van der Waals surface area contributed by atoms with Gasteiger partial charge in [-0.1, -0.05) is 24.3 Å². The molecule has 1 aromatic carbocycles. The van der Waals surface area contributed by atoms with Gasteiger partial charge in [0.1, 0.15) is 0 Å². The first-order valence-corrected chi connectivity index (χ1v) is 8.62. The predicted octanol–water partition coefficient (Wildman–Crippen LogP) is 1.21. The maximum atomic E-state index is 12.2. The lowest BCUT2D eigenvalue weighted by molar-refractivity contribution is -0.143. The summed E-state index contributed by atoms with van der Waals surface area (Å²) in [5, 5.41) is 5.40. The molecular weight excluding hydrogens is 322 g/mol. The van der Waals surface area contributed by atoms with Crippen LogP contribution < -0.4 is 10.6 Å². The van der Waals surface area contributed by atoms with Gasteiger partial charge < -0.3 is 20.3 Å². The zero-order chi connectivity index (χ0) is 18.1. The molecule has 1 aromatic rings. The maximum absolute atomic E-state index is 12.2. The molecule has 1 heterocycles. The van der Waals surface area contributed by atoms with E-state index >= 15 is 0 Å². The van der Waals surface area contributed by atoms with Crippen molar-refractivity contribution in [3.63, 3.8) is 0 Å². The van der Waals surface area contributed by atoms with Crippen molar-refractivity contribution in [2.75, 3.05) is 26.2 Å². The number of nitrogens with zero attached hydrogens (tertiary/aromatic N) is 1. The Morgan fingerprint density at radius 1 is 1.08 bits per heavy atom. The second kappa shape index (κ2) is 9.66. The van der Waals surface area contributed by atoms with E-state index in [9.17, 15) is 14.4 Å². The van der Waals surface area contributed by atoms with Crippen molar-refractivity contribution < 1.29 is 19.1 Å². The van der Waals surface area contributed by atoms with E-state index in [2.05, 4.69) is 16.7 Å². The summed E-state index contributed by atoms with van der Waals surface area (Å²) < 4.78 is 4.78. The number of benzene rings is 1. The molecule has 0 atom stereocenters. The average Bonchev–Trinajstić information content (AvgIpc) is 2.61. The molecule has 7 nitrogen and oxygen atoms in total. The lowest BCUT2D eigenvalue weighted by Crippen LogP contribution is -2.43. The zero-order valence-electron chi connectivity index (χ0n) is 14.5. The molecule has 0 spiro atoms. The van der Waals surface area contributed by atoms with Gasteiger partial charge in [-0.15, -0.1) is 0 Å². The highest BCUT2D eigenvalue weighted by Crippen LogP contribution is 2.18. The average molecular weight is 347 g/mol. The van der Waals surface area contributed by atoms with Crippen molar-refractivity contribution in [2.45, 2.75) is 32.7 Å². The molecule has 0 aromatic heterocycles. The molecule has 136 valence electrons. The van der Waals surface area contributed by atoms with E-state index in [1.54, 1.807) is 11.8 Å². The fourth-order valence-corrected chi connectivity index (χ4v) is 2.69. The van der Waals surface area contributed by atoms with Crippen LogP contribution in [-0.2, 0) is 27.3 Å². The third-order valence-electron chi connectivity index (χ3n) is 4.00. The topological polar surface area (TPSA) is 87.7 Å². The predicted molar refractivity (Wildman–Crippen MR) is 92.8 cm³/mol. The highest BCUT2D eigenvalue weighted by molar-refractivity contribution is 5.79. The monoisotopic (exact) mass is 347 g/mol. The van der Waals surface area contributed by atoms with Crippen LogP contribution in [0.2, 0.25) is 0 Å². The Bertz CT molecular complexity index is 618. The number of rotatable bonds is 7. The van der Waals surface area contributed by atoms with Crippen LogP contribution in [0.4, 0.5) is 4.79 Å². The second-order valence-electron chi connectivity index (χ2n) is 5.83. The number of carbonyl (C=O) groups excluding carboxylic acids is 3. The molecule has 0 saturated heterocycles. The van der Waals surface area contributed by atoms with Crippen LogP contribution in [0.5, 0.6) is 0 Å². The normalized spacial score (nSPS) is 12.9. The van der Waals surface area contributed by atoms with Gasteiger partial charge in [0.05, 0.1) is 13.0 Å². The molecule has 0 bridgehead atoms. The minimum atomic E-state index is -0.332. The first kappa shape index (κ1) is 18.8. The third-order valence-corrected chi connectivity index (χ3v) is 4.00. The van der Waals surface area contributed by atoms with Gasteiger partial charge in [-0.05, 0) is 24.5 Å². The van der Waals surface area contributed by atoms with E-state index in [0.29, 0.717) is 19.7 Å². The number of fused-ring (bicyclic) bond motifs is 1. The standard InChI is InChI=1S/C18H25N3O4/c1-2-25-17(23)8-11-19-16(22)7-10-20-18(24)21-12-9-14-5-3-4-6-15(14)13-21/h3-6H,2,7-13H2,1H3,(H,19,22)(H,20,24). The minimum absolute atomic E-state index is 0.152. The molecule has 3 amide bonds. The Morgan fingerprint density at radius 2 is 1.80 bits per heavy atom. The molecule has 0 fully saturated rings. The molecular formula is C18H25N3O4. The Balaban J connectivity index is 1.62. The van der Waals surface area contributed by atoms with Crippen molar-refractivity contribution in [1.82, 2.24) is 15.5 Å². The molecule has 0 aliphatic carbocycles. The smallest absolute Gasteiger partial charge is 0.317 e. The van der Waals surface area contributed by atoms with E-state index < -0.39 is 0 Å². The number of esters is 1. The summed E-state index contributed by atoms with van der Waals surface area (Å²) in [6.07, 6.45) is 1.18. The maximum Gasteiger partial charge on any atom is 0.317 e. The lowest BCUT2D eigenvalue weighted by atomic mass is 10.0. The zero-order valence-corrected chi connectivity index (χ0v) is 14.5.